The van der Waals surface area contributed by atoms with Crippen LogP contribution in [-0.4, -0.2) is 21.4 Å². The Labute approximate surface area is 171 Å². The number of halogens is 2. The van der Waals surface area contributed by atoms with Crippen molar-refractivity contribution in [3.05, 3.63) is 59.7 Å². The van der Waals surface area contributed by atoms with Crippen molar-refractivity contribution in [2.75, 3.05) is 5.32 Å². The number of thioether (sulfide) groups is 1. The van der Waals surface area contributed by atoms with Crippen LogP contribution in [-0.2, 0) is 10.2 Å². The van der Waals surface area contributed by atoms with Gasteiger partial charge in [0, 0.05) is 5.56 Å². The maximum Gasteiger partial charge on any atom is 0.277 e. The molecule has 5 nitrogen and oxygen atoms in total. The average molecular weight is 417 g/mol. The van der Waals surface area contributed by atoms with E-state index in [0.29, 0.717) is 5.89 Å². The largest absolute Gasteiger partial charge is 0.411 e. The fraction of sp³-hybridized carbons (Fsp3) is 0.286. The zero-order valence-electron chi connectivity index (χ0n) is 16.5. The number of nitrogens with zero attached hydrogens (tertiary/aromatic N) is 2. The number of nitrogens with one attached hydrogen (secondary N) is 1. The number of rotatable bonds is 5. The molecule has 3 rings (SSSR count). The lowest BCUT2D eigenvalue weighted by Crippen LogP contribution is -2.23. The summed E-state index contributed by atoms with van der Waals surface area (Å²) in [6.07, 6.45) is 0. The van der Waals surface area contributed by atoms with Crippen molar-refractivity contribution in [3.8, 4) is 11.5 Å². The number of amides is 1. The van der Waals surface area contributed by atoms with Crippen LogP contribution in [0.1, 0.15) is 33.3 Å². The van der Waals surface area contributed by atoms with Crippen molar-refractivity contribution in [2.45, 2.75) is 43.6 Å². The van der Waals surface area contributed by atoms with Crippen LogP contribution in [0.15, 0.2) is 52.1 Å². The second-order valence-corrected chi connectivity index (χ2v) is 8.84. The maximum absolute atomic E-state index is 13.7. The van der Waals surface area contributed by atoms with E-state index in [1.165, 1.54) is 11.6 Å². The standard InChI is InChI=1S/C21H21F2N3O2S/c1-12(18(27)24-17-15(22)6-5-7-16(17)23)29-20-26-25-19(28-20)13-8-10-14(11-9-13)21(2,3)4/h5-12H,1-4H3,(H,24,27). The molecule has 0 aliphatic carbocycles. The first-order valence-electron chi connectivity index (χ1n) is 9.01. The summed E-state index contributed by atoms with van der Waals surface area (Å²) < 4.78 is 33.0. The quantitative estimate of drug-likeness (QED) is 0.561. The topological polar surface area (TPSA) is 68.0 Å². The summed E-state index contributed by atoms with van der Waals surface area (Å²) in [4.78, 5) is 12.3. The van der Waals surface area contributed by atoms with Crippen molar-refractivity contribution < 1.29 is 18.0 Å². The molecular formula is C21H21F2N3O2S. The van der Waals surface area contributed by atoms with Gasteiger partial charge in [0.2, 0.25) is 11.8 Å². The Balaban J connectivity index is 1.67. The van der Waals surface area contributed by atoms with Crippen LogP contribution in [0.3, 0.4) is 0 Å². The van der Waals surface area contributed by atoms with E-state index in [9.17, 15) is 13.6 Å². The van der Waals surface area contributed by atoms with E-state index in [1.807, 2.05) is 24.3 Å². The summed E-state index contributed by atoms with van der Waals surface area (Å²) in [6, 6.07) is 11.2. The van der Waals surface area contributed by atoms with E-state index in [4.69, 9.17) is 4.42 Å². The van der Waals surface area contributed by atoms with Gasteiger partial charge in [-0.1, -0.05) is 50.7 Å². The van der Waals surface area contributed by atoms with E-state index in [1.54, 1.807) is 6.92 Å². The van der Waals surface area contributed by atoms with Crippen LogP contribution in [0.2, 0.25) is 0 Å². The molecule has 2 aromatic carbocycles. The monoisotopic (exact) mass is 417 g/mol. The lowest BCUT2D eigenvalue weighted by atomic mass is 9.87. The number of aromatic nitrogens is 2. The van der Waals surface area contributed by atoms with Crippen LogP contribution in [0.5, 0.6) is 0 Å². The predicted molar refractivity (Wildman–Crippen MR) is 109 cm³/mol. The first kappa shape index (κ1) is 21.0. The van der Waals surface area contributed by atoms with Gasteiger partial charge in [-0.3, -0.25) is 4.79 Å². The molecule has 3 aromatic rings. The highest BCUT2D eigenvalue weighted by atomic mass is 32.2. The summed E-state index contributed by atoms with van der Waals surface area (Å²) >= 11 is 1.01. The third kappa shape index (κ3) is 5.00. The summed E-state index contributed by atoms with van der Waals surface area (Å²) in [5.74, 6) is -1.92. The van der Waals surface area contributed by atoms with Gasteiger partial charge in [-0.15, -0.1) is 10.2 Å². The molecule has 8 heteroatoms. The first-order chi connectivity index (χ1) is 13.6. The number of benzene rings is 2. The molecule has 1 amide bonds. The van der Waals surface area contributed by atoms with Crippen LogP contribution in [0.25, 0.3) is 11.5 Å². The number of hydrogen-bond donors (Lipinski definition) is 1. The predicted octanol–water partition coefficient (Wildman–Crippen LogP) is 5.43. The van der Waals surface area contributed by atoms with Crippen molar-refractivity contribution in [1.29, 1.82) is 0 Å². The Morgan fingerprint density at radius 1 is 1.07 bits per heavy atom. The Morgan fingerprint density at radius 2 is 1.69 bits per heavy atom. The van der Waals surface area contributed by atoms with E-state index in [2.05, 4.69) is 36.3 Å². The molecule has 1 N–H and O–H groups in total. The van der Waals surface area contributed by atoms with Gasteiger partial charge in [-0.25, -0.2) is 8.78 Å². The molecule has 0 bridgehead atoms. The number of anilines is 1. The molecule has 0 saturated carbocycles. The van der Waals surface area contributed by atoms with Crippen molar-refractivity contribution in [1.82, 2.24) is 10.2 Å². The van der Waals surface area contributed by atoms with Crippen LogP contribution < -0.4 is 5.32 Å². The normalized spacial score (nSPS) is 12.6. The summed E-state index contributed by atoms with van der Waals surface area (Å²) in [5, 5.41) is 9.71. The van der Waals surface area contributed by atoms with Crippen LogP contribution in [0, 0.1) is 11.6 Å². The van der Waals surface area contributed by atoms with Gasteiger partial charge in [0.15, 0.2) is 0 Å². The third-order valence-corrected chi connectivity index (χ3v) is 5.20. The second-order valence-electron chi connectivity index (χ2n) is 7.55. The van der Waals surface area contributed by atoms with Crippen molar-refractivity contribution >= 4 is 23.4 Å². The summed E-state index contributed by atoms with van der Waals surface area (Å²) in [7, 11) is 0. The highest BCUT2D eigenvalue weighted by Crippen LogP contribution is 2.29. The van der Waals surface area contributed by atoms with Gasteiger partial charge in [0.1, 0.15) is 17.3 Å². The summed E-state index contributed by atoms with van der Waals surface area (Å²) in [5.41, 5.74) is 1.51. The molecule has 29 heavy (non-hydrogen) atoms. The second kappa shape index (κ2) is 8.32. The molecule has 0 radical (unpaired) electrons. The molecule has 1 atom stereocenters. The molecule has 0 fully saturated rings. The minimum absolute atomic E-state index is 0.0366. The number of carbonyl (C=O) groups excluding carboxylic acids is 1. The Bertz CT molecular complexity index is 993. The van der Waals surface area contributed by atoms with E-state index in [0.717, 1.165) is 29.5 Å². The van der Waals surface area contributed by atoms with E-state index >= 15 is 0 Å². The highest BCUT2D eigenvalue weighted by Gasteiger charge is 2.21. The number of para-hydroxylation sites is 1. The Morgan fingerprint density at radius 3 is 2.28 bits per heavy atom. The number of hydrogen-bond acceptors (Lipinski definition) is 5. The van der Waals surface area contributed by atoms with E-state index < -0.39 is 28.5 Å². The van der Waals surface area contributed by atoms with Gasteiger partial charge in [-0.2, -0.15) is 0 Å². The maximum atomic E-state index is 13.7. The zero-order valence-corrected chi connectivity index (χ0v) is 17.3. The van der Waals surface area contributed by atoms with Gasteiger partial charge in [0.25, 0.3) is 5.22 Å². The third-order valence-electron chi connectivity index (χ3n) is 4.26. The Hall–Kier alpha value is -2.74. The smallest absolute Gasteiger partial charge is 0.277 e. The summed E-state index contributed by atoms with van der Waals surface area (Å²) in [6.45, 7) is 7.97. The molecule has 0 aliphatic rings. The lowest BCUT2D eigenvalue weighted by Gasteiger charge is -2.18. The van der Waals surface area contributed by atoms with Gasteiger partial charge >= 0.3 is 0 Å². The van der Waals surface area contributed by atoms with Crippen molar-refractivity contribution in [3.63, 3.8) is 0 Å². The van der Waals surface area contributed by atoms with Crippen LogP contribution >= 0.6 is 11.8 Å². The van der Waals surface area contributed by atoms with Gasteiger partial charge < -0.3 is 9.73 Å². The fourth-order valence-corrected chi connectivity index (χ4v) is 3.22. The lowest BCUT2D eigenvalue weighted by molar-refractivity contribution is -0.115. The first-order valence-corrected chi connectivity index (χ1v) is 9.89. The van der Waals surface area contributed by atoms with Crippen molar-refractivity contribution in [2.24, 2.45) is 0 Å². The molecular weight excluding hydrogens is 396 g/mol. The van der Waals surface area contributed by atoms with Gasteiger partial charge in [0.05, 0.1) is 5.25 Å². The highest BCUT2D eigenvalue weighted by molar-refractivity contribution is 8.00. The van der Waals surface area contributed by atoms with Gasteiger partial charge in [-0.05, 0) is 42.2 Å². The molecule has 0 spiro atoms. The zero-order chi connectivity index (χ0) is 21.2. The molecule has 1 unspecified atom stereocenters. The molecule has 152 valence electrons. The van der Waals surface area contributed by atoms with E-state index in [-0.39, 0.29) is 10.6 Å². The molecule has 1 aromatic heterocycles. The minimum Gasteiger partial charge on any atom is -0.411 e. The average Bonchev–Trinajstić information content (AvgIpc) is 3.12. The van der Waals surface area contributed by atoms with Crippen LogP contribution in [0.4, 0.5) is 14.5 Å². The molecule has 0 saturated heterocycles. The number of carbonyl (C=O) groups is 1. The molecule has 0 aliphatic heterocycles. The minimum atomic E-state index is -0.839. The fourth-order valence-electron chi connectivity index (χ4n) is 2.53. The molecule has 1 heterocycles. The Kier molecular flexibility index (Phi) is 6.02. The SMILES string of the molecule is CC(Sc1nnc(-c2ccc(C(C)(C)C)cc2)o1)C(=O)Nc1c(F)cccc1F.